The fourth-order valence-corrected chi connectivity index (χ4v) is 2.73. The van der Waals surface area contributed by atoms with Crippen molar-refractivity contribution in [2.75, 3.05) is 32.9 Å². The third-order valence-electron chi connectivity index (χ3n) is 4.00. The van der Waals surface area contributed by atoms with E-state index in [0.29, 0.717) is 17.3 Å². The number of carbonyl (C=O) groups excluding carboxylic acids is 1. The van der Waals surface area contributed by atoms with Gasteiger partial charge in [0.05, 0.1) is 5.56 Å². The average molecular weight is 261 g/mol. The van der Waals surface area contributed by atoms with Crippen LogP contribution in [0.3, 0.4) is 0 Å². The summed E-state index contributed by atoms with van der Waals surface area (Å²) in [7, 11) is 4.20. The molecule has 104 valence electrons. The molecule has 4 heteroatoms. The Bertz CT molecular complexity index is 442. The Kier molecular flexibility index (Phi) is 4.10. The quantitative estimate of drug-likeness (QED) is 0.825. The molecule has 1 aromatic carbocycles. The Morgan fingerprint density at radius 3 is 2.47 bits per heavy atom. The van der Waals surface area contributed by atoms with Crippen LogP contribution in [-0.2, 0) is 0 Å². The van der Waals surface area contributed by atoms with Gasteiger partial charge in [-0.1, -0.05) is 12.1 Å². The summed E-state index contributed by atoms with van der Waals surface area (Å²) >= 11 is 0. The van der Waals surface area contributed by atoms with Crippen molar-refractivity contribution < 1.29 is 4.79 Å². The van der Waals surface area contributed by atoms with Crippen LogP contribution < -0.4 is 5.73 Å². The number of nitrogens with two attached hydrogens (primary N) is 1. The minimum absolute atomic E-state index is 0.0767. The zero-order chi connectivity index (χ0) is 14.0. The zero-order valence-corrected chi connectivity index (χ0v) is 12.0. The molecule has 0 bridgehead atoms. The molecule has 2 N–H and O–H groups in total. The van der Waals surface area contributed by atoms with Crippen molar-refractivity contribution in [3.05, 3.63) is 29.3 Å². The number of rotatable bonds is 2. The van der Waals surface area contributed by atoms with Gasteiger partial charge in [-0.2, -0.15) is 0 Å². The van der Waals surface area contributed by atoms with E-state index in [1.807, 2.05) is 24.0 Å². The number of hydrogen-bond donors (Lipinski definition) is 1. The number of nitrogens with zero attached hydrogens (tertiary/aromatic N) is 2. The first-order valence-electron chi connectivity index (χ1n) is 6.81. The smallest absolute Gasteiger partial charge is 0.256 e. The third kappa shape index (κ3) is 2.89. The van der Waals surface area contributed by atoms with E-state index >= 15 is 0 Å². The van der Waals surface area contributed by atoms with E-state index in [1.54, 1.807) is 6.07 Å². The van der Waals surface area contributed by atoms with Crippen LogP contribution in [0.5, 0.6) is 0 Å². The molecule has 0 atom stereocenters. The van der Waals surface area contributed by atoms with Crippen LogP contribution in [0.2, 0.25) is 0 Å². The molecule has 1 heterocycles. The molecule has 1 saturated heterocycles. The summed E-state index contributed by atoms with van der Waals surface area (Å²) in [6, 6.07) is 6.21. The van der Waals surface area contributed by atoms with Crippen LogP contribution in [0.1, 0.15) is 28.8 Å². The largest absolute Gasteiger partial charge is 0.398 e. The summed E-state index contributed by atoms with van der Waals surface area (Å²) in [6.45, 7) is 3.57. The van der Waals surface area contributed by atoms with E-state index in [1.165, 1.54) is 0 Å². The van der Waals surface area contributed by atoms with Crippen molar-refractivity contribution in [2.24, 2.45) is 0 Å². The van der Waals surface area contributed by atoms with Crippen LogP contribution in [0.4, 0.5) is 5.69 Å². The molecule has 1 amide bonds. The van der Waals surface area contributed by atoms with E-state index in [-0.39, 0.29) is 5.91 Å². The van der Waals surface area contributed by atoms with Gasteiger partial charge in [-0.25, -0.2) is 0 Å². The van der Waals surface area contributed by atoms with E-state index in [2.05, 4.69) is 19.0 Å². The highest BCUT2D eigenvalue weighted by atomic mass is 16.2. The highest BCUT2D eigenvalue weighted by molar-refractivity contribution is 6.00. The predicted octanol–water partition coefficient (Wildman–Crippen LogP) is 1.74. The van der Waals surface area contributed by atoms with Gasteiger partial charge in [0.1, 0.15) is 0 Å². The Hall–Kier alpha value is -1.55. The summed E-state index contributed by atoms with van der Waals surface area (Å²) in [4.78, 5) is 16.7. The number of nitrogen functional groups attached to an aromatic ring is 1. The lowest BCUT2D eigenvalue weighted by atomic mass is 10.0. The van der Waals surface area contributed by atoms with Crippen molar-refractivity contribution in [3.63, 3.8) is 0 Å². The first-order valence-corrected chi connectivity index (χ1v) is 6.81. The van der Waals surface area contributed by atoms with Gasteiger partial charge in [0, 0.05) is 24.8 Å². The summed E-state index contributed by atoms with van der Waals surface area (Å²) in [5.74, 6) is 0.0767. The maximum absolute atomic E-state index is 12.6. The second-order valence-corrected chi connectivity index (χ2v) is 5.53. The van der Waals surface area contributed by atoms with Crippen LogP contribution in [0, 0.1) is 6.92 Å². The number of anilines is 1. The van der Waals surface area contributed by atoms with E-state index in [9.17, 15) is 4.79 Å². The van der Waals surface area contributed by atoms with Crippen molar-refractivity contribution in [3.8, 4) is 0 Å². The number of piperidine rings is 1. The average Bonchev–Trinajstić information content (AvgIpc) is 2.38. The molecule has 1 fully saturated rings. The van der Waals surface area contributed by atoms with Crippen LogP contribution in [-0.4, -0.2) is 48.9 Å². The maximum atomic E-state index is 12.6. The normalized spacial score (nSPS) is 16.9. The number of hydrogen-bond acceptors (Lipinski definition) is 3. The van der Waals surface area contributed by atoms with Gasteiger partial charge in [-0.3, -0.25) is 4.79 Å². The molecule has 0 radical (unpaired) electrons. The van der Waals surface area contributed by atoms with Crippen LogP contribution in [0.15, 0.2) is 18.2 Å². The summed E-state index contributed by atoms with van der Waals surface area (Å²) in [5.41, 5.74) is 8.16. The fraction of sp³-hybridized carbons (Fsp3) is 0.533. The Labute approximate surface area is 115 Å². The minimum Gasteiger partial charge on any atom is -0.398 e. The Balaban J connectivity index is 2.10. The number of aryl methyl sites for hydroxylation is 1. The van der Waals surface area contributed by atoms with E-state index in [0.717, 1.165) is 31.5 Å². The molecule has 1 aromatic rings. The lowest BCUT2D eigenvalue weighted by Crippen LogP contribution is -2.44. The molecular formula is C15H23N3O. The molecule has 1 aliphatic heterocycles. The number of carbonyl (C=O) groups is 1. The number of benzene rings is 1. The van der Waals surface area contributed by atoms with E-state index < -0.39 is 0 Å². The van der Waals surface area contributed by atoms with Crippen molar-refractivity contribution in [2.45, 2.75) is 25.8 Å². The second-order valence-electron chi connectivity index (χ2n) is 5.53. The zero-order valence-electron chi connectivity index (χ0n) is 12.0. The van der Waals surface area contributed by atoms with Gasteiger partial charge in [0.2, 0.25) is 0 Å². The summed E-state index contributed by atoms with van der Waals surface area (Å²) in [6.07, 6.45) is 2.06. The van der Waals surface area contributed by atoms with Crippen molar-refractivity contribution >= 4 is 11.6 Å². The highest BCUT2D eigenvalue weighted by Crippen LogP contribution is 2.22. The SMILES string of the molecule is Cc1cccc(N)c1C(=O)N1CCC(N(C)C)CC1. The van der Waals surface area contributed by atoms with E-state index in [4.69, 9.17) is 5.73 Å². The Morgan fingerprint density at radius 1 is 1.32 bits per heavy atom. The molecule has 0 unspecified atom stereocenters. The monoisotopic (exact) mass is 261 g/mol. The minimum atomic E-state index is 0.0767. The third-order valence-corrected chi connectivity index (χ3v) is 4.00. The molecular weight excluding hydrogens is 238 g/mol. The van der Waals surface area contributed by atoms with Gasteiger partial charge in [-0.15, -0.1) is 0 Å². The fourth-order valence-electron chi connectivity index (χ4n) is 2.73. The maximum Gasteiger partial charge on any atom is 0.256 e. The molecule has 0 saturated carbocycles. The van der Waals surface area contributed by atoms with Gasteiger partial charge in [-0.05, 0) is 45.5 Å². The standard InChI is InChI=1S/C15H23N3O/c1-11-5-4-6-13(16)14(11)15(19)18-9-7-12(8-10-18)17(2)3/h4-6,12H,7-10,16H2,1-3H3. The first kappa shape index (κ1) is 13.9. The van der Waals surface area contributed by atoms with Gasteiger partial charge < -0.3 is 15.5 Å². The lowest BCUT2D eigenvalue weighted by molar-refractivity contribution is 0.0663. The van der Waals surface area contributed by atoms with Crippen molar-refractivity contribution in [1.29, 1.82) is 0 Å². The summed E-state index contributed by atoms with van der Waals surface area (Å²) in [5, 5.41) is 0. The van der Waals surface area contributed by atoms with Gasteiger partial charge >= 0.3 is 0 Å². The molecule has 2 rings (SSSR count). The van der Waals surface area contributed by atoms with Crippen LogP contribution in [0.25, 0.3) is 0 Å². The van der Waals surface area contributed by atoms with Gasteiger partial charge in [0.15, 0.2) is 0 Å². The molecule has 0 aromatic heterocycles. The summed E-state index contributed by atoms with van der Waals surface area (Å²) < 4.78 is 0. The predicted molar refractivity (Wildman–Crippen MR) is 78.2 cm³/mol. The highest BCUT2D eigenvalue weighted by Gasteiger charge is 2.26. The molecule has 4 nitrogen and oxygen atoms in total. The molecule has 0 aliphatic carbocycles. The van der Waals surface area contributed by atoms with Gasteiger partial charge in [0.25, 0.3) is 5.91 Å². The van der Waals surface area contributed by atoms with Crippen LogP contribution >= 0.6 is 0 Å². The topological polar surface area (TPSA) is 49.6 Å². The molecule has 0 spiro atoms. The lowest BCUT2D eigenvalue weighted by Gasteiger charge is -2.35. The molecule has 1 aliphatic rings. The Morgan fingerprint density at radius 2 is 1.95 bits per heavy atom. The first-order chi connectivity index (χ1) is 9.00. The number of likely N-dealkylation sites (tertiary alicyclic amines) is 1. The second kappa shape index (κ2) is 5.61. The van der Waals surface area contributed by atoms with Crippen molar-refractivity contribution in [1.82, 2.24) is 9.80 Å². The number of amides is 1. The molecule has 19 heavy (non-hydrogen) atoms.